The van der Waals surface area contributed by atoms with Crippen LogP contribution in [0.4, 0.5) is 0 Å². The van der Waals surface area contributed by atoms with Crippen molar-refractivity contribution in [2.24, 2.45) is 5.92 Å². The monoisotopic (exact) mass is 420 g/mol. The first-order chi connectivity index (χ1) is 14.3. The predicted molar refractivity (Wildman–Crippen MR) is 117 cm³/mol. The van der Waals surface area contributed by atoms with Gasteiger partial charge in [-0.05, 0) is 31.9 Å². The molecule has 1 aliphatic heterocycles. The Bertz CT molecular complexity index is 668. The van der Waals surface area contributed by atoms with Crippen molar-refractivity contribution in [3.05, 3.63) is 35.4 Å². The second-order valence-corrected chi connectivity index (χ2v) is 8.35. The van der Waals surface area contributed by atoms with Crippen molar-refractivity contribution in [2.45, 2.75) is 13.3 Å². The Labute approximate surface area is 179 Å². The highest BCUT2D eigenvalue weighted by molar-refractivity contribution is 5.69. The topological polar surface area (TPSA) is 96.4 Å². The number of hydrogen-bond donors (Lipinski definition) is 3. The molecule has 1 atom stereocenters. The first-order valence-corrected chi connectivity index (χ1v) is 10.6. The average Bonchev–Trinajstić information content (AvgIpc) is 2.75. The summed E-state index contributed by atoms with van der Waals surface area (Å²) in [6.07, 6.45) is 0.873. The number of carboxylic acids is 2. The molecule has 3 N–H and O–H groups in total. The molecule has 1 aromatic rings. The van der Waals surface area contributed by atoms with Gasteiger partial charge in [-0.2, -0.15) is 0 Å². The van der Waals surface area contributed by atoms with Crippen LogP contribution in [0.15, 0.2) is 24.3 Å². The first-order valence-electron chi connectivity index (χ1n) is 10.6. The fraction of sp³-hybridized carbons (Fsp3) is 0.636. The minimum atomic E-state index is -0.849. The van der Waals surface area contributed by atoms with Crippen molar-refractivity contribution >= 4 is 11.9 Å². The first kappa shape index (κ1) is 24.3. The number of nitrogens with zero attached hydrogens (tertiary/aromatic N) is 3. The summed E-state index contributed by atoms with van der Waals surface area (Å²) in [5.74, 6) is -1.37. The van der Waals surface area contributed by atoms with Crippen molar-refractivity contribution < 1.29 is 19.8 Å². The Morgan fingerprint density at radius 2 is 1.57 bits per heavy atom. The third-order valence-corrected chi connectivity index (χ3v) is 5.56. The van der Waals surface area contributed by atoms with Gasteiger partial charge in [0, 0.05) is 52.4 Å². The predicted octanol–water partition coefficient (Wildman–Crippen LogP) is 0.462. The zero-order valence-electron chi connectivity index (χ0n) is 18.2. The molecule has 1 saturated heterocycles. The fourth-order valence-electron chi connectivity index (χ4n) is 3.78. The van der Waals surface area contributed by atoms with Gasteiger partial charge in [-0.1, -0.05) is 29.8 Å². The molecule has 0 aliphatic carbocycles. The van der Waals surface area contributed by atoms with Crippen LogP contribution in [0.3, 0.4) is 0 Å². The summed E-state index contributed by atoms with van der Waals surface area (Å²) >= 11 is 0. The number of rotatable bonds is 10. The van der Waals surface area contributed by atoms with Crippen LogP contribution in [0.2, 0.25) is 0 Å². The summed E-state index contributed by atoms with van der Waals surface area (Å²) in [4.78, 5) is 28.7. The molecule has 1 heterocycles. The zero-order chi connectivity index (χ0) is 21.9. The molecule has 8 nitrogen and oxygen atoms in total. The number of benzene rings is 1. The molecule has 0 amide bonds. The third kappa shape index (κ3) is 9.67. The van der Waals surface area contributed by atoms with Crippen molar-refractivity contribution in [1.82, 2.24) is 20.0 Å². The number of aryl methyl sites for hydroxylation is 1. The van der Waals surface area contributed by atoms with Crippen LogP contribution in [-0.2, 0) is 16.0 Å². The van der Waals surface area contributed by atoms with Crippen molar-refractivity contribution in [3.63, 3.8) is 0 Å². The Balaban J connectivity index is 2.02. The summed E-state index contributed by atoms with van der Waals surface area (Å²) < 4.78 is 0. The normalized spacial score (nSPS) is 18.3. The summed E-state index contributed by atoms with van der Waals surface area (Å²) in [7, 11) is 2.07. The van der Waals surface area contributed by atoms with E-state index in [1.165, 1.54) is 11.1 Å². The Hall–Kier alpha value is -2.00. The molecule has 1 aliphatic rings. The lowest BCUT2D eigenvalue weighted by Gasteiger charge is -2.29. The lowest BCUT2D eigenvalue weighted by atomic mass is 9.97. The van der Waals surface area contributed by atoms with E-state index in [1.54, 1.807) is 0 Å². The van der Waals surface area contributed by atoms with E-state index in [2.05, 4.69) is 53.4 Å². The van der Waals surface area contributed by atoms with Crippen molar-refractivity contribution in [2.75, 3.05) is 72.5 Å². The van der Waals surface area contributed by atoms with Gasteiger partial charge in [0.1, 0.15) is 0 Å². The molecule has 8 heteroatoms. The molecule has 0 bridgehead atoms. The van der Waals surface area contributed by atoms with E-state index in [4.69, 9.17) is 5.11 Å². The highest BCUT2D eigenvalue weighted by Crippen LogP contribution is 2.12. The van der Waals surface area contributed by atoms with Crippen LogP contribution in [0.25, 0.3) is 0 Å². The van der Waals surface area contributed by atoms with Gasteiger partial charge in [-0.25, -0.2) is 0 Å². The maximum absolute atomic E-state index is 11.2. The quantitative estimate of drug-likeness (QED) is 0.503. The zero-order valence-corrected chi connectivity index (χ0v) is 18.2. The van der Waals surface area contributed by atoms with Crippen molar-refractivity contribution in [1.29, 1.82) is 0 Å². The van der Waals surface area contributed by atoms with Gasteiger partial charge in [0.2, 0.25) is 0 Å². The van der Waals surface area contributed by atoms with Gasteiger partial charge in [-0.15, -0.1) is 0 Å². The van der Waals surface area contributed by atoms with Gasteiger partial charge < -0.3 is 25.3 Å². The third-order valence-electron chi connectivity index (χ3n) is 5.56. The van der Waals surface area contributed by atoms with E-state index < -0.39 is 11.9 Å². The fourth-order valence-corrected chi connectivity index (χ4v) is 3.78. The smallest absolute Gasteiger partial charge is 0.317 e. The molecular formula is C22H36N4O4. The van der Waals surface area contributed by atoms with Crippen molar-refractivity contribution in [3.8, 4) is 0 Å². The number of aliphatic carboxylic acids is 2. The summed E-state index contributed by atoms with van der Waals surface area (Å²) in [5.41, 5.74) is 2.47. The van der Waals surface area contributed by atoms with E-state index in [0.717, 1.165) is 52.2 Å². The van der Waals surface area contributed by atoms with Crippen LogP contribution >= 0.6 is 0 Å². The minimum absolute atomic E-state index is 0.0421. The minimum Gasteiger partial charge on any atom is -0.480 e. The largest absolute Gasteiger partial charge is 0.480 e. The Kier molecular flexibility index (Phi) is 10.2. The molecule has 1 aromatic carbocycles. The van der Waals surface area contributed by atoms with Gasteiger partial charge in [-0.3, -0.25) is 14.5 Å². The van der Waals surface area contributed by atoms with Crippen LogP contribution in [0.5, 0.6) is 0 Å². The molecule has 0 radical (unpaired) electrons. The summed E-state index contributed by atoms with van der Waals surface area (Å²) in [6, 6.07) is 8.49. The maximum atomic E-state index is 11.2. The van der Waals surface area contributed by atoms with E-state index in [1.807, 2.05) is 4.90 Å². The molecular weight excluding hydrogens is 384 g/mol. The van der Waals surface area contributed by atoms with E-state index in [-0.39, 0.29) is 19.0 Å². The standard InChI is InChI=1S/C22H36N4O4/c1-18-3-5-19(6-4-18)13-20(14-23-15-21(27)28)16-25-9-7-24(2)8-10-26(12-11-25)17-22(29)30/h3-6,20,23H,7-17H2,1-2H3,(H,27,28)(H,29,30). The molecule has 0 spiro atoms. The Morgan fingerprint density at radius 1 is 0.967 bits per heavy atom. The Morgan fingerprint density at radius 3 is 2.20 bits per heavy atom. The summed E-state index contributed by atoms with van der Waals surface area (Å²) in [5, 5.41) is 21.2. The molecule has 30 heavy (non-hydrogen) atoms. The SMILES string of the molecule is Cc1ccc(CC(CNCC(=O)O)CN2CCN(C)CCN(CC(=O)O)CC2)cc1. The highest BCUT2D eigenvalue weighted by atomic mass is 16.4. The lowest BCUT2D eigenvalue weighted by molar-refractivity contribution is -0.138. The summed E-state index contributed by atoms with van der Waals surface area (Å²) in [6.45, 7) is 8.55. The molecule has 1 fully saturated rings. The number of carboxylic acid groups (broad SMARTS) is 2. The van der Waals surface area contributed by atoms with Crippen LogP contribution in [0.1, 0.15) is 11.1 Å². The number of nitrogens with one attached hydrogen (secondary N) is 1. The second kappa shape index (κ2) is 12.6. The van der Waals surface area contributed by atoms with E-state index >= 15 is 0 Å². The lowest BCUT2D eigenvalue weighted by Crippen LogP contribution is -2.42. The van der Waals surface area contributed by atoms with Crippen LogP contribution in [-0.4, -0.2) is 109 Å². The van der Waals surface area contributed by atoms with Gasteiger partial charge >= 0.3 is 11.9 Å². The van der Waals surface area contributed by atoms with E-state index in [0.29, 0.717) is 6.54 Å². The van der Waals surface area contributed by atoms with E-state index in [9.17, 15) is 14.7 Å². The molecule has 2 rings (SSSR count). The van der Waals surface area contributed by atoms with Crippen LogP contribution in [0, 0.1) is 12.8 Å². The van der Waals surface area contributed by atoms with Crippen LogP contribution < -0.4 is 5.32 Å². The van der Waals surface area contributed by atoms with Gasteiger partial charge in [0.25, 0.3) is 0 Å². The number of hydrogen-bond acceptors (Lipinski definition) is 6. The van der Waals surface area contributed by atoms with Gasteiger partial charge in [0.15, 0.2) is 0 Å². The number of carbonyl (C=O) groups is 2. The molecule has 0 aromatic heterocycles. The second-order valence-electron chi connectivity index (χ2n) is 8.35. The molecule has 1 unspecified atom stereocenters. The molecule has 168 valence electrons. The van der Waals surface area contributed by atoms with Gasteiger partial charge in [0.05, 0.1) is 13.1 Å². The number of likely N-dealkylation sites (N-methyl/N-ethyl adjacent to an activating group) is 1. The average molecular weight is 421 g/mol. The molecule has 0 saturated carbocycles. The highest BCUT2D eigenvalue weighted by Gasteiger charge is 2.20. The maximum Gasteiger partial charge on any atom is 0.317 e.